The molecular weight excluding hydrogens is 364 g/mol. The first-order valence-corrected chi connectivity index (χ1v) is 9.38. The molecule has 0 spiro atoms. The van der Waals surface area contributed by atoms with Crippen LogP contribution in [0.1, 0.15) is 30.4 Å². The summed E-state index contributed by atoms with van der Waals surface area (Å²) in [6.45, 7) is 0.115. The number of benzene rings is 2. The third-order valence-corrected chi connectivity index (χ3v) is 5.19. The lowest BCUT2D eigenvalue weighted by Crippen LogP contribution is -2.40. The van der Waals surface area contributed by atoms with Crippen LogP contribution in [0.2, 0.25) is 5.02 Å². The van der Waals surface area contributed by atoms with Crippen molar-refractivity contribution < 1.29 is 14.7 Å². The van der Waals surface area contributed by atoms with Crippen LogP contribution < -0.4 is 4.90 Å². The Labute approximate surface area is 162 Å². The van der Waals surface area contributed by atoms with Crippen molar-refractivity contribution >= 4 is 34.9 Å². The van der Waals surface area contributed by atoms with Gasteiger partial charge in [0.15, 0.2) is 0 Å². The van der Waals surface area contributed by atoms with E-state index in [9.17, 15) is 9.59 Å². The number of fused-ring (bicyclic) bond motifs is 1. The summed E-state index contributed by atoms with van der Waals surface area (Å²) < 4.78 is 0. The number of carboxylic acid groups (broad SMARTS) is 1. The van der Waals surface area contributed by atoms with E-state index in [1.54, 1.807) is 23.1 Å². The number of hydrogen-bond donors (Lipinski definition) is 1. The highest BCUT2D eigenvalue weighted by molar-refractivity contribution is 6.32. The van der Waals surface area contributed by atoms with Gasteiger partial charge in [-0.1, -0.05) is 41.9 Å². The van der Waals surface area contributed by atoms with Gasteiger partial charge in [0.2, 0.25) is 0 Å². The van der Waals surface area contributed by atoms with Crippen LogP contribution in [0.25, 0.3) is 0 Å². The van der Waals surface area contributed by atoms with Gasteiger partial charge in [-0.2, -0.15) is 0 Å². The molecule has 2 aliphatic rings. The van der Waals surface area contributed by atoms with Crippen LogP contribution in [0.5, 0.6) is 0 Å². The maximum Gasteiger partial charge on any atom is 0.305 e. The van der Waals surface area contributed by atoms with Gasteiger partial charge in [0.05, 0.1) is 17.8 Å². The fourth-order valence-electron chi connectivity index (χ4n) is 3.46. The van der Waals surface area contributed by atoms with E-state index in [0.29, 0.717) is 10.7 Å². The van der Waals surface area contributed by atoms with Gasteiger partial charge in [-0.05, 0) is 37.0 Å². The molecule has 1 N–H and O–H groups in total. The fourth-order valence-corrected chi connectivity index (χ4v) is 3.63. The Morgan fingerprint density at radius 1 is 1.19 bits per heavy atom. The van der Waals surface area contributed by atoms with E-state index in [2.05, 4.69) is 0 Å². The molecule has 2 aromatic carbocycles. The average Bonchev–Trinajstić information content (AvgIpc) is 3.49. The maximum atomic E-state index is 13.3. The van der Waals surface area contributed by atoms with Crippen LogP contribution in [0.4, 0.5) is 5.69 Å². The van der Waals surface area contributed by atoms with Gasteiger partial charge in [-0.3, -0.25) is 14.6 Å². The van der Waals surface area contributed by atoms with Crippen molar-refractivity contribution in [1.29, 1.82) is 0 Å². The summed E-state index contributed by atoms with van der Waals surface area (Å²) >= 11 is 6.25. The lowest BCUT2D eigenvalue weighted by atomic mass is 10.00. The van der Waals surface area contributed by atoms with Crippen LogP contribution in [0, 0.1) is 5.92 Å². The number of hydrogen-bond acceptors (Lipinski definition) is 3. The van der Waals surface area contributed by atoms with Crippen molar-refractivity contribution in [3.8, 4) is 0 Å². The molecule has 138 valence electrons. The Morgan fingerprint density at radius 3 is 2.59 bits per heavy atom. The minimum Gasteiger partial charge on any atom is -0.481 e. The Hall–Kier alpha value is -2.66. The van der Waals surface area contributed by atoms with E-state index in [4.69, 9.17) is 21.7 Å². The standard InChI is InChI=1S/C21H19ClN2O3/c22-15-8-9-17-16(12-15)19(13-4-2-1-3-5-13)23-20(14-6-7-14)21(27)24(17)11-10-18(25)26/h1-5,8-9,12,14,20H,6-7,10-11H2,(H,25,26)/t20-/m0/s1. The summed E-state index contributed by atoms with van der Waals surface area (Å²) in [4.78, 5) is 30.8. The lowest BCUT2D eigenvalue weighted by Gasteiger charge is -2.24. The van der Waals surface area contributed by atoms with Gasteiger partial charge in [0.1, 0.15) is 6.04 Å². The molecule has 1 fully saturated rings. The lowest BCUT2D eigenvalue weighted by molar-refractivity contribution is -0.136. The zero-order chi connectivity index (χ0) is 19.0. The molecule has 1 saturated carbocycles. The number of carbonyl (C=O) groups is 2. The molecule has 0 unspecified atom stereocenters. The predicted molar refractivity (Wildman–Crippen MR) is 105 cm³/mol. The van der Waals surface area contributed by atoms with Gasteiger partial charge in [0, 0.05) is 22.7 Å². The third kappa shape index (κ3) is 3.60. The van der Waals surface area contributed by atoms with Gasteiger partial charge in [0.25, 0.3) is 5.91 Å². The summed E-state index contributed by atoms with van der Waals surface area (Å²) in [6, 6.07) is 14.6. The number of carbonyl (C=O) groups excluding carboxylic acids is 1. The second-order valence-electron chi connectivity index (χ2n) is 6.92. The van der Waals surface area contributed by atoms with E-state index < -0.39 is 12.0 Å². The van der Waals surface area contributed by atoms with Crippen LogP contribution in [0.15, 0.2) is 53.5 Å². The molecule has 0 saturated heterocycles. The van der Waals surface area contributed by atoms with Crippen LogP contribution in [-0.2, 0) is 9.59 Å². The first-order chi connectivity index (χ1) is 13.0. The van der Waals surface area contributed by atoms with Gasteiger partial charge in [-0.15, -0.1) is 0 Å². The molecular formula is C21H19ClN2O3. The molecule has 0 bridgehead atoms. The average molecular weight is 383 g/mol. The number of benzodiazepines with no additional fused rings is 1. The van der Waals surface area contributed by atoms with Crippen LogP contribution in [0.3, 0.4) is 0 Å². The fraction of sp³-hybridized carbons (Fsp3) is 0.286. The van der Waals surface area contributed by atoms with Gasteiger partial charge in [-0.25, -0.2) is 0 Å². The van der Waals surface area contributed by atoms with Crippen molar-refractivity contribution in [3.05, 3.63) is 64.7 Å². The zero-order valence-corrected chi connectivity index (χ0v) is 15.4. The van der Waals surface area contributed by atoms with E-state index in [0.717, 1.165) is 29.7 Å². The minimum atomic E-state index is -0.935. The number of nitrogens with zero attached hydrogens (tertiary/aromatic N) is 2. The molecule has 0 radical (unpaired) electrons. The summed E-state index contributed by atoms with van der Waals surface area (Å²) in [5.74, 6) is -0.851. The van der Waals surface area contributed by atoms with Gasteiger partial charge >= 0.3 is 5.97 Å². The Morgan fingerprint density at radius 2 is 1.93 bits per heavy atom. The number of carboxylic acids is 1. The van der Waals surface area contributed by atoms with Crippen molar-refractivity contribution in [2.45, 2.75) is 25.3 Å². The Kier molecular flexibility index (Phi) is 4.70. The molecule has 1 heterocycles. The van der Waals surface area contributed by atoms with E-state index >= 15 is 0 Å². The van der Waals surface area contributed by atoms with Crippen molar-refractivity contribution in [3.63, 3.8) is 0 Å². The minimum absolute atomic E-state index is 0.115. The number of halogens is 1. The summed E-state index contributed by atoms with van der Waals surface area (Å²) in [5.41, 5.74) is 3.07. The normalized spacial score (nSPS) is 19.3. The second-order valence-corrected chi connectivity index (χ2v) is 7.36. The van der Waals surface area contributed by atoms with Crippen molar-refractivity contribution in [1.82, 2.24) is 0 Å². The molecule has 27 heavy (non-hydrogen) atoms. The highest BCUT2D eigenvalue weighted by atomic mass is 35.5. The Balaban J connectivity index is 1.88. The number of aliphatic imine (C=N–C) groups is 1. The zero-order valence-electron chi connectivity index (χ0n) is 14.6. The maximum absolute atomic E-state index is 13.3. The quantitative estimate of drug-likeness (QED) is 0.855. The summed E-state index contributed by atoms with van der Waals surface area (Å²) in [5, 5.41) is 9.67. The molecule has 4 rings (SSSR count). The number of amides is 1. The largest absolute Gasteiger partial charge is 0.481 e. The van der Waals surface area contributed by atoms with E-state index in [1.807, 2.05) is 30.3 Å². The van der Waals surface area contributed by atoms with Gasteiger partial charge < -0.3 is 10.0 Å². The summed E-state index contributed by atoms with van der Waals surface area (Å²) in [7, 11) is 0. The smallest absolute Gasteiger partial charge is 0.305 e. The number of anilines is 1. The topological polar surface area (TPSA) is 70.0 Å². The molecule has 2 aromatic rings. The van der Waals surface area contributed by atoms with Crippen LogP contribution >= 0.6 is 11.6 Å². The highest BCUT2D eigenvalue weighted by Crippen LogP contribution is 2.39. The molecule has 1 amide bonds. The van der Waals surface area contributed by atoms with Crippen molar-refractivity contribution in [2.24, 2.45) is 10.9 Å². The van der Waals surface area contributed by atoms with Crippen LogP contribution in [-0.4, -0.2) is 35.3 Å². The predicted octanol–water partition coefficient (Wildman–Crippen LogP) is 3.78. The number of aliphatic carboxylic acids is 1. The SMILES string of the molecule is O=C(O)CCN1C(=O)[C@H](C2CC2)N=C(c2ccccc2)c2cc(Cl)ccc21. The molecule has 1 atom stereocenters. The third-order valence-electron chi connectivity index (χ3n) is 4.96. The molecule has 1 aliphatic heterocycles. The van der Waals surface area contributed by atoms with E-state index in [-0.39, 0.29) is 24.8 Å². The summed E-state index contributed by atoms with van der Waals surface area (Å²) in [6.07, 6.45) is 1.81. The first-order valence-electron chi connectivity index (χ1n) is 9.01. The highest BCUT2D eigenvalue weighted by Gasteiger charge is 2.41. The second kappa shape index (κ2) is 7.16. The molecule has 1 aliphatic carbocycles. The van der Waals surface area contributed by atoms with Crippen molar-refractivity contribution in [2.75, 3.05) is 11.4 Å². The Bertz CT molecular complexity index is 922. The molecule has 6 heteroatoms. The molecule has 5 nitrogen and oxygen atoms in total. The van der Waals surface area contributed by atoms with E-state index in [1.165, 1.54) is 0 Å². The first kappa shape index (κ1) is 17.7. The number of rotatable bonds is 5. The molecule has 0 aromatic heterocycles. The monoisotopic (exact) mass is 382 g/mol.